The van der Waals surface area contributed by atoms with Gasteiger partial charge in [0.05, 0.1) is 0 Å². The van der Waals surface area contributed by atoms with Crippen molar-refractivity contribution in [1.29, 1.82) is 0 Å². The normalized spacial score (nSPS) is 13.7. The van der Waals surface area contributed by atoms with Crippen LogP contribution in [0.4, 0.5) is 26.3 Å². The van der Waals surface area contributed by atoms with E-state index in [-0.39, 0.29) is 6.61 Å². The molecule has 0 rings (SSSR count). The van der Waals surface area contributed by atoms with E-state index >= 15 is 0 Å². The molecule has 0 spiro atoms. The maximum absolute atomic E-state index is 11.7. The minimum atomic E-state index is -5.48. The molecule has 0 radical (unpaired) electrons. The van der Waals surface area contributed by atoms with E-state index in [1.54, 1.807) is 0 Å². The zero-order valence-electron chi connectivity index (χ0n) is 7.08. The van der Waals surface area contributed by atoms with Crippen LogP contribution in [0, 0.1) is 0 Å². The van der Waals surface area contributed by atoms with Crippen LogP contribution in [-0.4, -0.2) is 31.9 Å². The molecule has 0 aliphatic carbocycles. The standard InChI is InChI=1S/C6H8F6O2/c1-2-13-3-14-4(5(7,8)9)6(10,11)12/h4H,2-3H2,1H3. The zero-order valence-corrected chi connectivity index (χ0v) is 7.08. The third-order valence-electron chi connectivity index (χ3n) is 1.12. The molecule has 0 N–H and O–H groups in total. The Labute approximate surface area is 75.8 Å². The Morgan fingerprint density at radius 1 is 1.00 bits per heavy atom. The van der Waals surface area contributed by atoms with Crippen LogP contribution in [0.25, 0.3) is 0 Å². The molecule has 0 aromatic rings. The number of alkyl halides is 6. The third kappa shape index (κ3) is 4.66. The summed E-state index contributed by atoms with van der Waals surface area (Å²) in [5, 5.41) is 0. The first-order chi connectivity index (χ1) is 6.19. The van der Waals surface area contributed by atoms with Gasteiger partial charge < -0.3 is 9.47 Å². The van der Waals surface area contributed by atoms with Gasteiger partial charge in [0.2, 0.25) is 0 Å². The Morgan fingerprint density at radius 2 is 1.43 bits per heavy atom. The molecule has 0 saturated heterocycles. The average Bonchev–Trinajstić information content (AvgIpc) is 1.92. The summed E-state index contributed by atoms with van der Waals surface area (Å²) >= 11 is 0. The molecule has 0 unspecified atom stereocenters. The zero-order chi connectivity index (χ0) is 11.4. The summed E-state index contributed by atoms with van der Waals surface area (Å²) in [5.74, 6) is 0. The van der Waals surface area contributed by atoms with Gasteiger partial charge in [0.25, 0.3) is 6.10 Å². The molecule has 0 aliphatic rings. The first-order valence-corrected chi connectivity index (χ1v) is 3.52. The Kier molecular flexibility index (Phi) is 4.66. The second-order valence-corrected chi connectivity index (χ2v) is 2.24. The average molecular weight is 226 g/mol. The van der Waals surface area contributed by atoms with Crippen molar-refractivity contribution in [3.05, 3.63) is 0 Å². The van der Waals surface area contributed by atoms with Crippen LogP contribution in [0.15, 0.2) is 0 Å². The van der Waals surface area contributed by atoms with Crippen LogP contribution < -0.4 is 0 Å². The summed E-state index contributed by atoms with van der Waals surface area (Å²) in [6, 6.07) is 0. The highest BCUT2D eigenvalue weighted by molar-refractivity contribution is 4.75. The van der Waals surface area contributed by atoms with E-state index in [2.05, 4.69) is 9.47 Å². The van der Waals surface area contributed by atoms with E-state index in [4.69, 9.17) is 0 Å². The summed E-state index contributed by atoms with van der Waals surface area (Å²) in [5.41, 5.74) is 0. The van der Waals surface area contributed by atoms with Gasteiger partial charge in [-0.15, -0.1) is 0 Å². The highest BCUT2D eigenvalue weighted by Gasteiger charge is 2.58. The largest absolute Gasteiger partial charge is 0.423 e. The molecule has 0 heterocycles. The maximum Gasteiger partial charge on any atom is 0.423 e. The lowest BCUT2D eigenvalue weighted by Gasteiger charge is -2.22. The van der Waals surface area contributed by atoms with Gasteiger partial charge in [-0.2, -0.15) is 26.3 Å². The molecule has 2 nitrogen and oxygen atoms in total. The molecule has 0 atom stereocenters. The fourth-order valence-corrected chi connectivity index (χ4v) is 0.574. The minimum Gasteiger partial charge on any atom is -0.356 e. The van der Waals surface area contributed by atoms with Gasteiger partial charge >= 0.3 is 12.4 Å². The van der Waals surface area contributed by atoms with Crippen molar-refractivity contribution in [2.24, 2.45) is 0 Å². The Hall–Kier alpha value is -0.500. The minimum absolute atomic E-state index is 0.0254. The summed E-state index contributed by atoms with van der Waals surface area (Å²) < 4.78 is 78.2. The van der Waals surface area contributed by atoms with Crippen molar-refractivity contribution in [3.8, 4) is 0 Å². The van der Waals surface area contributed by atoms with E-state index in [9.17, 15) is 26.3 Å². The second-order valence-electron chi connectivity index (χ2n) is 2.24. The predicted octanol–water partition coefficient (Wildman–Crippen LogP) is 2.49. The lowest BCUT2D eigenvalue weighted by molar-refractivity contribution is -0.335. The van der Waals surface area contributed by atoms with Gasteiger partial charge in [-0.25, -0.2) is 0 Å². The van der Waals surface area contributed by atoms with E-state index in [0.29, 0.717) is 0 Å². The molecule has 86 valence electrons. The van der Waals surface area contributed by atoms with Crippen LogP contribution in [0.3, 0.4) is 0 Å². The lowest BCUT2D eigenvalue weighted by atomic mass is 10.3. The molecule has 14 heavy (non-hydrogen) atoms. The van der Waals surface area contributed by atoms with E-state index in [0.717, 1.165) is 0 Å². The lowest BCUT2D eigenvalue weighted by Crippen LogP contribution is -2.44. The SMILES string of the molecule is CCOCOC(C(F)(F)F)C(F)(F)F. The Bertz CT molecular complexity index is 149. The van der Waals surface area contributed by atoms with Crippen molar-refractivity contribution in [1.82, 2.24) is 0 Å². The van der Waals surface area contributed by atoms with E-state index < -0.39 is 25.2 Å². The predicted molar refractivity (Wildman–Crippen MR) is 33.5 cm³/mol. The second kappa shape index (κ2) is 4.83. The first kappa shape index (κ1) is 13.5. The van der Waals surface area contributed by atoms with Crippen molar-refractivity contribution in [3.63, 3.8) is 0 Å². The first-order valence-electron chi connectivity index (χ1n) is 3.52. The molecular formula is C6H8F6O2. The fraction of sp³-hybridized carbons (Fsp3) is 1.00. The van der Waals surface area contributed by atoms with Gasteiger partial charge in [0, 0.05) is 6.61 Å². The van der Waals surface area contributed by atoms with Gasteiger partial charge in [-0.3, -0.25) is 0 Å². The fourth-order valence-electron chi connectivity index (χ4n) is 0.574. The van der Waals surface area contributed by atoms with Gasteiger partial charge in [0.1, 0.15) is 6.79 Å². The molecule has 0 fully saturated rings. The molecule has 0 bridgehead atoms. The van der Waals surface area contributed by atoms with Crippen LogP contribution in [0.2, 0.25) is 0 Å². The van der Waals surface area contributed by atoms with E-state index in [1.165, 1.54) is 6.92 Å². The molecule has 0 aliphatic heterocycles. The number of halogens is 6. The van der Waals surface area contributed by atoms with Crippen molar-refractivity contribution >= 4 is 0 Å². The topological polar surface area (TPSA) is 18.5 Å². The maximum atomic E-state index is 11.7. The smallest absolute Gasteiger partial charge is 0.356 e. The summed E-state index contributed by atoms with van der Waals surface area (Å²) in [6.45, 7) is 0.349. The third-order valence-corrected chi connectivity index (χ3v) is 1.12. The van der Waals surface area contributed by atoms with Crippen molar-refractivity contribution < 1.29 is 35.8 Å². The molecule has 8 heteroatoms. The summed E-state index contributed by atoms with van der Waals surface area (Å²) in [7, 11) is 0. The van der Waals surface area contributed by atoms with Crippen molar-refractivity contribution in [2.75, 3.05) is 13.4 Å². The van der Waals surface area contributed by atoms with Gasteiger partial charge in [0.15, 0.2) is 0 Å². The van der Waals surface area contributed by atoms with Crippen LogP contribution >= 0.6 is 0 Å². The number of hydrogen-bond donors (Lipinski definition) is 0. The van der Waals surface area contributed by atoms with Crippen LogP contribution in [0.1, 0.15) is 6.92 Å². The Morgan fingerprint density at radius 3 is 1.71 bits per heavy atom. The number of rotatable bonds is 4. The Balaban J connectivity index is 4.28. The van der Waals surface area contributed by atoms with Gasteiger partial charge in [-0.05, 0) is 6.92 Å². The monoisotopic (exact) mass is 226 g/mol. The molecule has 0 aromatic heterocycles. The molecule has 0 amide bonds. The molecular weight excluding hydrogens is 218 g/mol. The van der Waals surface area contributed by atoms with Crippen LogP contribution in [-0.2, 0) is 9.47 Å². The molecule has 0 aromatic carbocycles. The van der Waals surface area contributed by atoms with Crippen molar-refractivity contribution in [2.45, 2.75) is 25.4 Å². The number of ether oxygens (including phenoxy) is 2. The quantitative estimate of drug-likeness (QED) is 0.416. The van der Waals surface area contributed by atoms with Gasteiger partial charge in [-0.1, -0.05) is 0 Å². The van der Waals surface area contributed by atoms with Crippen LogP contribution in [0.5, 0.6) is 0 Å². The van der Waals surface area contributed by atoms with E-state index in [1.807, 2.05) is 0 Å². The highest BCUT2D eigenvalue weighted by atomic mass is 19.4. The highest BCUT2D eigenvalue weighted by Crippen LogP contribution is 2.35. The summed E-state index contributed by atoms with van der Waals surface area (Å²) in [4.78, 5) is 0. The summed E-state index contributed by atoms with van der Waals surface area (Å²) in [6.07, 6.45) is -14.7. The number of hydrogen-bond acceptors (Lipinski definition) is 2. The molecule has 0 saturated carbocycles.